The average Bonchev–Trinajstić information content (AvgIpc) is 2.42. The lowest BCUT2D eigenvalue weighted by Gasteiger charge is -2.34. The van der Waals surface area contributed by atoms with E-state index in [0.717, 1.165) is 0 Å². The van der Waals surface area contributed by atoms with E-state index < -0.39 is 11.2 Å². The predicted octanol–water partition coefficient (Wildman–Crippen LogP) is 2.35. The minimum Gasteiger partial charge on any atom is -0.381 e. The molecule has 0 aliphatic carbocycles. The minimum atomic E-state index is -0.565. The fourth-order valence-corrected chi connectivity index (χ4v) is 2.54. The highest BCUT2D eigenvalue weighted by Crippen LogP contribution is 2.32. The average molecular weight is 286 g/mol. The van der Waals surface area contributed by atoms with Crippen LogP contribution in [-0.2, 0) is 16.0 Å². The van der Waals surface area contributed by atoms with Gasteiger partial charge in [-0.1, -0.05) is 17.7 Å². The molecule has 0 unspecified atom stereocenters. The molecule has 0 aromatic heterocycles. The first-order chi connectivity index (χ1) is 9.07. The van der Waals surface area contributed by atoms with Crippen LogP contribution in [0.25, 0.3) is 0 Å². The van der Waals surface area contributed by atoms with Gasteiger partial charge in [-0.15, -0.1) is 0 Å². The third-order valence-electron chi connectivity index (χ3n) is 3.80. The highest BCUT2D eigenvalue weighted by atomic mass is 35.5. The van der Waals surface area contributed by atoms with Crippen LogP contribution in [0.15, 0.2) is 18.2 Å². The van der Waals surface area contributed by atoms with E-state index in [4.69, 9.17) is 22.1 Å². The molecule has 1 aliphatic heterocycles. The van der Waals surface area contributed by atoms with Gasteiger partial charge in [-0.05, 0) is 30.5 Å². The van der Waals surface area contributed by atoms with Crippen LogP contribution in [0.4, 0.5) is 4.39 Å². The maximum absolute atomic E-state index is 13.7. The zero-order valence-corrected chi connectivity index (χ0v) is 11.4. The summed E-state index contributed by atoms with van der Waals surface area (Å²) in [5.74, 6) is -0.459. The summed E-state index contributed by atoms with van der Waals surface area (Å²) in [5.41, 5.74) is 5.57. The number of Topliss-reactive ketones (excluding diaryl/α,β-unsaturated/α-hetero) is 1. The number of rotatable bonds is 4. The smallest absolute Gasteiger partial charge is 0.144 e. The number of carbonyl (C=O) groups is 1. The van der Waals surface area contributed by atoms with Gasteiger partial charge in [-0.25, -0.2) is 4.39 Å². The van der Waals surface area contributed by atoms with Crippen molar-refractivity contribution in [3.05, 3.63) is 34.6 Å². The molecule has 1 aromatic rings. The van der Waals surface area contributed by atoms with Crippen LogP contribution in [0.1, 0.15) is 18.4 Å². The van der Waals surface area contributed by atoms with Gasteiger partial charge in [0, 0.05) is 36.6 Å². The van der Waals surface area contributed by atoms with Gasteiger partial charge in [0.1, 0.15) is 11.6 Å². The SMILES string of the molecule is NCC1(C(=O)Cc2ccc(Cl)cc2F)CCOCC1. The maximum atomic E-state index is 13.7. The Balaban J connectivity index is 2.15. The number of ketones is 1. The van der Waals surface area contributed by atoms with Crippen LogP contribution in [0.3, 0.4) is 0 Å². The van der Waals surface area contributed by atoms with Crippen molar-refractivity contribution < 1.29 is 13.9 Å². The van der Waals surface area contributed by atoms with E-state index in [0.29, 0.717) is 36.6 Å². The molecule has 0 radical (unpaired) electrons. The molecule has 2 N–H and O–H groups in total. The van der Waals surface area contributed by atoms with Gasteiger partial charge in [-0.2, -0.15) is 0 Å². The fourth-order valence-electron chi connectivity index (χ4n) is 2.38. The zero-order valence-electron chi connectivity index (χ0n) is 10.6. The van der Waals surface area contributed by atoms with Crippen LogP contribution in [-0.4, -0.2) is 25.5 Å². The highest BCUT2D eigenvalue weighted by Gasteiger charge is 2.38. The quantitative estimate of drug-likeness (QED) is 0.924. The summed E-state index contributed by atoms with van der Waals surface area (Å²) >= 11 is 5.70. The Morgan fingerprint density at radius 3 is 2.68 bits per heavy atom. The second kappa shape index (κ2) is 5.99. The molecule has 2 rings (SSSR count). The molecular weight excluding hydrogens is 269 g/mol. The fraction of sp³-hybridized carbons (Fsp3) is 0.500. The summed E-state index contributed by atoms with van der Waals surface area (Å²) in [5, 5.41) is 0.327. The Labute approximate surface area is 116 Å². The summed E-state index contributed by atoms with van der Waals surface area (Å²) < 4.78 is 19.0. The van der Waals surface area contributed by atoms with Crippen LogP contribution in [0.5, 0.6) is 0 Å². The summed E-state index contributed by atoms with van der Waals surface area (Å²) in [7, 11) is 0. The number of hydrogen-bond donors (Lipinski definition) is 1. The Morgan fingerprint density at radius 2 is 2.11 bits per heavy atom. The van der Waals surface area contributed by atoms with Gasteiger partial charge in [0.25, 0.3) is 0 Å². The van der Waals surface area contributed by atoms with Crippen LogP contribution < -0.4 is 5.73 Å². The molecular formula is C14H17ClFNO2. The molecule has 104 valence electrons. The molecule has 1 heterocycles. The predicted molar refractivity (Wildman–Crippen MR) is 71.7 cm³/mol. The van der Waals surface area contributed by atoms with E-state index in [1.165, 1.54) is 6.07 Å². The van der Waals surface area contributed by atoms with Crippen molar-refractivity contribution in [1.82, 2.24) is 0 Å². The number of hydrogen-bond acceptors (Lipinski definition) is 3. The first kappa shape index (κ1) is 14.4. The van der Waals surface area contributed by atoms with Crippen LogP contribution in [0.2, 0.25) is 5.02 Å². The lowest BCUT2D eigenvalue weighted by atomic mass is 9.74. The monoisotopic (exact) mass is 285 g/mol. The van der Waals surface area contributed by atoms with E-state index in [-0.39, 0.29) is 18.7 Å². The molecule has 1 aliphatic rings. The van der Waals surface area contributed by atoms with Crippen LogP contribution in [0, 0.1) is 11.2 Å². The van der Waals surface area contributed by atoms with E-state index in [9.17, 15) is 9.18 Å². The van der Waals surface area contributed by atoms with Gasteiger partial charge in [0.2, 0.25) is 0 Å². The number of benzene rings is 1. The third-order valence-corrected chi connectivity index (χ3v) is 4.03. The largest absolute Gasteiger partial charge is 0.381 e. The maximum Gasteiger partial charge on any atom is 0.144 e. The zero-order chi connectivity index (χ0) is 13.9. The van der Waals surface area contributed by atoms with Gasteiger partial charge in [0.15, 0.2) is 0 Å². The first-order valence-electron chi connectivity index (χ1n) is 6.32. The van der Waals surface area contributed by atoms with Crippen molar-refractivity contribution in [3.63, 3.8) is 0 Å². The van der Waals surface area contributed by atoms with E-state index in [2.05, 4.69) is 0 Å². The van der Waals surface area contributed by atoms with E-state index in [1.807, 2.05) is 0 Å². The number of ether oxygens (including phenoxy) is 1. The topological polar surface area (TPSA) is 52.3 Å². The molecule has 0 amide bonds. The second-order valence-electron chi connectivity index (χ2n) is 4.93. The van der Waals surface area contributed by atoms with E-state index >= 15 is 0 Å². The summed E-state index contributed by atoms with van der Waals surface area (Å²) in [4.78, 5) is 12.4. The summed E-state index contributed by atoms with van der Waals surface area (Å²) in [6, 6.07) is 4.37. The molecule has 1 saturated heterocycles. The molecule has 0 spiro atoms. The lowest BCUT2D eigenvalue weighted by molar-refractivity contribution is -0.132. The standard InChI is InChI=1S/C14H17ClFNO2/c15-11-2-1-10(12(16)8-11)7-13(18)14(9-17)3-5-19-6-4-14/h1-2,8H,3-7,9,17H2. The highest BCUT2D eigenvalue weighted by molar-refractivity contribution is 6.30. The molecule has 1 fully saturated rings. The molecule has 0 atom stereocenters. The number of nitrogens with two attached hydrogens (primary N) is 1. The van der Waals surface area contributed by atoms with Gasteiger partial charge >= 0.3 is 0 Å². The minimum absolute atomic E-state index is 0.0143. The normalized spacial score (nSPS) is 18.3. The Bertz CT molecular complexity index is 473. The molecule has 1 aromatic carbocycles. The van der Waals surface area contributed by atoms with Gasteiger partial charge in [-0.3, -0.25) is 4.79 Å². The van der Waals surface area contributed by atoms with Crippen molar-refractivity contribution in [2.75, 3.05) is 19.8 Å². The lowest BCUT2D eigenvalue weighted by Crippen LogP contribution is -2.44. The summed E-state index contributed by atoms with van der Waals surface area (Å²) in [6.07, 6.45) is 1.27. The number of carbonyl (C=O) groups excluding carboxylic acids is 1. The number of halogens is 2. The molecule has 0 bridgehead atoms. The molecule has 0 saturated carbocycles. The summed E-state index contributed by atoms with van der Waals surface area (Å²) in [6.45, 7) is 1.35. The second-order valence-corrected chi connectivity index (χ2v) is 5.37. The van der Waals surface area contributed by atoms with Crippen molar-refractivity contribution >= 4 is 17.4 Å². The van der Waals surface area contributed by atoms with Crippen molar-refractivity contribution in [3.8, 4) is 0 Å². The Morgan fingerprint density at radius 1 is 1.42 bits per heavy atom. The third kappa shape index (κ3) is 3.14. The Hall–Kier alpha value is -0.970. The molecule has 19 heavy (non-hydrogen) atoms. The van der Waals surface area contributed by atoms with Gasteiger partial charge in [0.05, 0.1) is 0 Å². The Kier molecular flexibility index (Phi) is 4.55. The van der Waals surface area contributed by atoms with Crippen molar-refractivity contribution in [1.29, 1.82) is 0 Å². The van der Waals surface area contributed by atoms with Crippen molar-refractivity contribution in [2.45, 2.75) is 19.3 Å². The van der Waals surface area contributed by atoms with Crippen molar-refractivity contribution in [2.24, 2.45) is 11.1 Å². The molecule has 3 nitrogen and oxygen atoms in total. The first-order valence-corrected chi connectivity index (χ1v) is 6.70. The van der Waals surface area contributed by atoms with Gasteiger partial charge < -0.3 is 10.5 Å². The molecule has 5 heteroatoms. The van der Waals surface area contributed by atoms with E-state index in [1.54, 1.807) is 12.1 Å². The van der Waals surface area contributed by atoms with Crippen LogP contribution >= 0.6 is 11.6 Å².